The molecule has 2 aromatic rings. The predicted octanol–water partition coefficient (Wildman–Crippen LogP) is 3.27. The van der Waals surface area contributed by atoms with Crippen molar-refractivity contribution in [3.8, 4) is 0 Å². The van der Waals surface area contributed by atoms with Gasteiger partial charge < -0.3 is 15.7 Å². The van der Waals surface area contributed by atoms with Crippen molar-refractivity contribution in [2.75, 3.05) is 6.54 Å². The Balaban J connectivity index is 2.06. The minimum absolute atomic E-state index is 0.182. The van der Waals surface area contributed by atoms with Gasteiger partial charge in [0.1, 0.15) is 0 Å². The van der Waals surface area contributed by atoms with Gasteiger partial charge in [0.2, 0.25) is 0 Å². The molecule has 2 atom stereocenters. The largest absolute Gasteiger partial charge is 0.393 e. The number of carbonyl (C=O) groups is 1. The predicted molar refractivity (Wildman–Crippen MR) is 99.1 cm³/mol. The molecule has 0 aliphatic rings. The number of rotatable bonds is 7. The van der Waals surface area contributed by atoms with Crippen LogP contribution in [-0.2, 0) is 0 Å². The zero-order valence-corrected chi connectivity index (χ0v) is 15.1. The molecular weight excluding hydrogens is 314 g/mol. The lowest BCUT2D eigenvalue weighted by atomic mass is 9.87. The number of aromatic nitrogens is 1. The van der Waals surface area contributed by atoms with Crippen molar-refractivity contribution in [1.82, 2.24) is 15.6 Å². The van der Waals surface area contributed by atoms with Crippen LogP contribution in [-0.4, -0.2) is 28.8 Å². The fraction of sp³-hybridized carbons (Fsp3) is 0.400. The van der Waals surface area contributed by atoms with E-state index in [0.29, 0.717) is 13.0 Å². The van der Waals surface area contributed by atoms with E-state index in [0.717, 1.165) is 11.3 Å². The Morgan fingerprint density at radius 2 is 1.84 bits per heavy atom. The lowest BCUT2D eigenvalue weighted by Crippen LogP contribution is -2.43. The van der Waals surface area contributed by atoms with Crippen molar-refractivity contribution in [3.63, 3.8) is 0 Å². The first-order chi connectivity index (χ1) is 11.9. The molecular formula is C20H27N3O2. The molecule has 0 saturated carbocycles. The maximum absolute atomic E-state index is 12.4. The number of hydrogen-bond donors (Lipinski definition) is 3. The van der Waals surface area contributed by atoms with Gasteiger partial charge in [-0.15, -0.1) is 0 Å². The summed E-state index contributed by atoms with van der Waals surface area (Å²) in [7, 11) is 0. The van der Waals surface area contributed by atoms with Crippen LogP contribution in [0.2, 0.25) is 0 Å². The number of amides is 2. The summed E-state index contributed by atoms with van der Waals surface area (Å²) in [5.74, 6) is 0. The summed E-state index contributed by atoms with van der Waals surface area (Å²) in [5.41, 5.74) is 1.57. The number of carbonyl (C=O) groups excluding carboxylic acids is 1. The molecule has 25 heavy (non-hydrogen) atoms. The SMILES string of the molecule is CC(O)CC(C)(C)CNC(=O)NC(c1ccccc1)c1ccccn1. The Labute approximate surface area is 149 Å². The van der Waals surface area contributed by atoms with Gasteiger partial charge in [0.05, 0.1) is 17.8 Å². The maximum Gasteiger partial charge on any atom is 0.315 e. The smallest absolute Gasteiger partial charge is 0.315 e. The number of benzene rings is 1. The highest BCUT2D eigenvalue weighted by Gasteiger charge is 2.23. The van der Waals surface area contributed by atoms with Crippen LogP contribution < -0.4 is 10.6 Å². The molecule has 2 rings (SSSR count). The zero-order chi connectivity index (χ0) is 18.3. The van der Waals surface area contributed by atoms with Crippen molar-refractivity contribution in [2.24, 2.45) is 5.41 Å². The second-order valence-corrected chi connectivity index (χ2v) is 7.14. The molecule has 1 aromatic carbocycles. The van der Waals surface area contributed by atoms with Crippen molar-refractivity contribution in [2.45, 2.75) is 39.3 Å². The zero-order valence-electron chi connectivity index (χ0n) is 15.1. The molecule has 0 radical (unpaired) electrons. The van der Waals surface area contributed by atoms with E-state index < -0.39 is 6.10 Å². The second-order valence-electron chi connectivity index (χ2n) is 7.14. The van der Waals surface area contributed by atoms with Crippen LogP contribution in [0.4, 0.5) is 4.79 Å². The van der Waals surface area contributed by atoms with Crippen molar-refractivity contribution >= 4 is 6.03 Å². The normalized spacial score (nSPS) is 13.8. The lowest BCUT2D eigenvalue weighted by molar-refractivity contribution is 0.128. The van der Waals surface area contributed by atoms with Gasteiger partial charge in [-0.05, 0) is 36.5 Å². The van der Waals surface area contributed by atoms with Gasteiger partial charge in [0.25, 0.3) is 0 Å². The summed E-state index contributed by atoms with van der Waals surface area (Å²) in [6.45, 7) is 6.28. The molecule has 1 heterocycles. The number of hydrogen-bond acceptors (Lipinski definition) is 3. The molecule has 0 bridgehead atoms. The van der Waals surface area contributed by atoms with E-state index >= 15 is 0 Å². The van der Waals surface area contributed by atoms with E-state index in [1.165, 1.54) is 0 Å². The molecule has 134 valence electrons. The van der Waals surface area contributed by atoms with Crippen LogP contribution in [0.1, 0.15) is 44.5 Å². The van der Waals surface area contributed by atoms with Gasteiger partial charge in [-0.25, -0.2) is 4.79 Å². The third kappa shape index (κ3) is 6.19. The van der Waals surface area contributed by atoms with E-state index in [4.69, 9.17) is 0 Å². The summed E-state index contributed by atoms with van der Waals surface area (Å²) in [5, 5.41) is 15.5. The Morgan fingerprint density at radius 1 is 1.16 bits per heavy atom. The van der Waals surface area contributed by atoms with E-state index in [1.807, 2.05) is 62.4 Å². The number of aliphatic hydroxyl groups is 1. The quantitative estimate of drug-likeness (QED) is 0.723. The van der Waals surface area contributed by atoms with Crippen molar-refractivity contribution in [3.05, 3.63) is 66.0 Å². The standard InChI is InChI=1S/C20H27N3O2/c1-15(24)13-20(2,3)14-22-19(25)23-18(16-9-5-4-6-10-16)17-11-7-8-12-21-17/h4-12,15,18,24H,13-14H2,1-3H3,(H2,22,23,25). The highest BCUT2D eigenvalue weighted by atomic mass is 16.3. The van der Waals surface area contributed by atoms with Gasteiger partial charge in [0.15, 0.2) is 0 Å². The Hall–Kier alpha value is -2.40. The van der Waals surface area contributed by atoms with Crippen LogP contribution in [0.3, 0.4) is 0 Å². The van der Waals surface area contributed by atoms with Crippen LogP contribution in [0.5, 0.6) is 0 Å². The Bertz CT molecular complexity index is 618. The van der Waals surface area contributed by atoms with Crippen LogP contribution >= 0.6 is 0 Å². The molecule has 5 heteroatoms. The van der Waals surface area contributed by atoms with E-state index in [9.17, 15) is 9.90 Å². The number of urea groups is 1. The topological polar surface area (TPSA) is 74.2 Å². The molecule has 0 saturated heterocycles. The number of nitrogens with one attached hydrogen (secondary N) is 2. The van der Waals surface area contributed by atoms with Crippen molar-refractivity contribution in [1.29, 1.82) is 0 Å². The molecule has 0 aliphatic heterocycles. The van der Waals surface area contributed by atoms with Gasteiger partial charge in [0, 0.05) is 12.7 Å². The fourth-order valence-corrected chi connectivity index (χ4v) is 2.89. The highest BCUT2D eigenvalue weighted by molar-refractivity contribution is 5.75. The molecule has 0 fully saturated rings. The minimum atomic E-state index is -0.398. The summed E-state index contributed by atoms with van der Waals surface area (Å²) in [6, 6.07) is 14.8. The highest BCUT2D eigenvalue weighted by Crippen LogP contribution is 2.22. The third-order valence-corrected chi connectivity index (χ3v) is 3.97. The van der Waals surface area contributed by atoms with Crippen LogP contribution in [0.25, 0.3) is 0 Å². The third-order valence-electron chi connectivity index (χ3n) is 3.97. The average molecular weight is 341 g/mol. The molecule has 1 aromatic heterocycles. The van der Waals surface area contributed by atoms with Gasteiger partial charge in [-0.2, -0.15) is 0 Å². The summed E-state index contributed by atoms with van der Waals surface area (Å²) in [6.07, 6.45) is 1.94. The number of aliphatic hydroxyl groups excluding tert-OH is 1. The number of nitrogens with zero attached hydrogens (tertiary/aromatic N) is 1. The summed E-state index contributed by atoms with van der Waals surface area (Å²) < 4.78 is 0. The monoisotopic (exact) mass is 341 g/mol. The first-order valence-electron chi connectivity index (χ1n) is 8.56. The van der Waals surface area contributed by atoms with Gasteiger partial charge >= 0.3 is 6.03 Å². The van der Waals surface area contributed by atoms with Gasteiger partial charge in [-0.3, -0.25) is 4.98 Å². The molecule has 3 N–H and O–H groups in total. The van der Waals surface area contributed by atoms with E-state index in [-0.39, 0.29) is 17.5 Å². The molecule has 0 aliphatic carbocycles. The first-order valence-corrected chi connectivity index (χ1v) is 8.56. The first kappa shape index (κ1) is 18.9. The van der Waals surface area contributed by atoms with Crippen molar-refractivity contribution < 1.29 is 9.90 Å². The van der Waals surface area contributed by atoms with E-state index in [2.05, 4.69) is 15.6 Å². The second kappa shape index (κ2) is 8.62. The minimum Gasteiger partial charge on any atom is -0.393 e. The molecule has 2 amide bonds. The average Bonchev–Trinajstić information content (AvgIpc) is 2.58. The Morgan fingerprint density at radius 3 is 2.44 bits per heavy atom. The summed E-state index contributed by atoms with van der Waals surface area (Å²) in [4.78, 5) is 16.8. The van der Waals surface area contributed by atoms with Gasteiger partial charge in [-0.1, -0.05) is 50.2 Å². The van der Waals surface area contributed by atoms with Crippen LogP contribution in [0.15, 0.2) is 54.7 Å². The fourth-order valence-electron chi connectivity index (χ4n) is 2.89. The molecule has 5 nitrogen and oxygen atoms in total. The molecule has 2 unspecified atom stereocenters. The Kier molecular flexibility index (Phi) is 6.53. The van der Waals surface area contributed by atoms with Crippen LogP contribution in [0, 0.1) is 5.41 Å². The number of pyridine rings is 1. The maximum atomic E-state index is 12.4. The molecule has 0 spiro atoms. The summed E-state index contributed by atoms with van der Waals surface area (Å²) >= 11 is 0. The van der Waals surface area contributed by atoms with E-state index in [1.54, 1.807) is 13.1 Å². The lowest BCUT2D eigenvalue weighted by Gasteiger charge is -2.27.